The lowest BCUT2D eigenvalue weighted by Crippen LogP contribution is -2.13. The molecule has 1 aromatic carbocycles. The average Bonchev–Trinajstić information content (AvgIpc) is 2.44. The molecule has 2 aromatic rings. The second-order valence-electron chi connectivity index (χ2n) is 4.53. The van der Waals surface area contributed by atoms with Gasteiger partial charge in [0.05, 0.1) is 19.8 Å². The van der Waals surface area contributed by atoms with Gasteiger partial charge in [0.15, 0.2) is 5.78 Å². The zero-order valence-electron chi connectivity index (χ0n) is 11.3. The number of hydrogen-bond donors (Lipinski definition) is 0. The molecule has 1 aromatic heterocycles. The van der Waals surface area contributed by atoms with Crippen molar-refractivity contribution in [2.75, 3.05) is 14.2 Å². The average molecular weight is 272 g/mol. The Kier molecular flexibility index (Phi) is 2.64. The van der Waals surface area contributed by atoms with Crippen molar-refractivity contribution in [2.45, 2.75) is 6.92 Å². The first kappa shape index (κ1) is 12.5. The molecule has 1 heterocycles. The summed E-state index contributed by atoms with van der Waals surface area (Å²) in [6, 6.07) is 1.67. The lowest BCUT2D eigenvalue weighted by molar-refractivity contribution is 0.104. The first-order chi connectivity index (χ1) is 9.58. The SMILES string of the molecule is COC1=CC(=O)c2c(C)cc(OC)c3c(=O)occ1c23. The Bertz CT molecular complexity index is 826. The molecule has 0 atom stereocenters. The van der Waals surface area contributed by atoms with Crippen LogP contribution in [0.3, 0.4) is 0 Å². The van der Waals surface area contributed by atoms with Crippen molar-refractivity contribution in [3.8, 4) is 5.75 Å². The van der Waals surface area contributed by atoms with Crippen molar-refractivity contribution in [1.29, 1.82) is 0 Å². The third-order valence-electron chi connectivity index (χ3n) is 3.46. The standard InChI is InChI=1S/C15H12O5/c1-7-4-11(19-3)14-13-8(6-20-15(14)17)10(18-2)5-9(16)12(7)13/h4-6H,1-3H3. The van der Waals surface area contributed by atoms with E-state index in [0.717, 1.165) is 5.56 Å². The molecule has 102 valence electrons. The molecule has 5 nitrogen and oxygen atoms in total. The van der Waals surface area contributed by atoms with Crippen LogP contribution in [0.4, 0.5) is 0 Å². The number of rotatable bonds is 2. The Hall–Kier alpha value is -2.56. The number of aryl methyl sites for hydroxylation is 1. The highest BCUT2D eigenvalue weighted by Crippen LogP contribution is 2.37. The number of ketones is 1. The van der Waals surface area contributed by atoms with Crippen molar-refractivity contribution in [3.05, 3.63) is 45.5 Å². The van der Waals surface area contributed by atoms with E-state index in [1.807, 2.05) is 0 Å². The van der Waals surface area contributed by atoms with Crippen LogP contribution < -0.4 is 10.4 Å². The molecule has 1 aliphatic carbocycles. The Morgan fingerprint density at radius 1 is 1.10 bits per heavy atom. The van der Waals surface area contributed by atoms with Gasteiger partial charge in [-0.15, -0.1) is 0 Å². The zero-order valence-corrected chi connectivity index (χ0v) is 11.3. The number of carbonyl (C=O) groups excluding carboxylic acids is 1. The van der Waals surface area contributed by atoms with E-state index < -0.39 is 5.63 Å². The molecular formula is C15H12O5. The third kappa shape index (κ3) is 1.49. The summed E-state index contributed by atoms with van der Waals surface area (Å²) in [6.45, 7) is 1.80. The van der Waals surface area contributed by atoms with E-state index in [1.54, 1.807) is 13.0 Å². The molecule has 0 amide bonds. The van der Waals surface area contributed by atoms with E-state index in [-0.39, 0.29) is 11.2 Å². The Morgan fingerprint density at radius 2 is 1.85 bits per heavy atom. The summed E-state index contributed by atoms with van der Waals surface area (Å²) in [4.78, 5) is 24.2. The summed E-state index contributed by atoms with van der Waals surface area (Å²) in [6.07, 6.45) is 2.71. The van der Waals surface area contributed by atoms with Gasteiger partial charge in [0.1, 0.15) is 23.2 Å². The summed E-state index contributed by atoms with van der Waals surface area (Å²) in [7, 11) is 2.94. The van der Waals surface area contributed by atoms with E-state index in [1.165, 1.54) is 26.6 Å². The highest BCUT2D eigenvalue weighted by molar-refractivity contribution is 6.22. The van der Waals surface area contributed by atoms with Gasteiger partial charge in [0.25, 0.3) is 0 Å². The van der Waals surface area contributed by atoms with Crippen LogP contribution in [0.2, 0.25) is 0 Å². The predicted octanol–water partition coefficient (Wildman–Crippen LogP) is 2.29. The number of methoxy groups -OCH3 is 2. The predicted molar refractivity (Wildman–Crippen MR) is 73.1 cm³/mol. The molecule has 0 spiro atoms. The van der Waals surface area contributed by atoms with Crippen molar-refractivity contribution in [2.24, 2.45) is 0 Å². The van der Waals surface area contributed by atoms with E-state index in [0.29, 0.717) is 28.0 Å². The van der Waals surface area contributed by atoms with Gasteiger partial charge < -0.3 is 13.9 Å². The topological polar surface area (TPSA) is 65.7 Å². The Labute approximate surface area is 114 Å². The molecule has 1 aliphatic rings. The van der Waals surface area contributed by atoms with Gasteiger partial charge >= 0.3 is 5.63 Å². The molecular weight excluding hydrogens is 260 g/mol. The first-order valence-corrected chi connectivity index (χ1v) is 6.02. The monoisotopic (exact) mass is 272 g/mol. The Balaban J connectivity index is 2.60. The normalized spacial score (nSPS) is 13.3. The smallest absolute Gasteiger partial charge is 0.347 e. The van der Waals surface area contributed by atoms with Crippen LogP contribution in [0.25, 0.3) is 16.5 Å². The number of hydrogen-bond acceptors (Lipinski definition) is 5. The minimum Gasteiger partial charge on any atom is -0.496 e. The summed E-state index contributed by atoms with van der Waals surface area (Å²) in [5.74, 6) is 0.580. The summed E-state index contributed by atoms with van der Waals surface area (Å²) in [5.41, 5.74) is 1.29. The number of carbonyl (C=O) groups is 1. The minimum absolute atomic E-state index is 0.190. The van der Waals surface area contributed by atoms with Crippen LogP contribution in [-0.4, -0.2) is 20.0 Å². The maximum atomic E-state index is 12.2. The summed E-state index contributed by atoms with van der Waals surface area (Å²) < 4.78 is 15.5. The van der Waals surface area contributed by atoms with E-state index in [4.69, 9.17) is 13.9 Å². The van der Waals surface area contributed by atoms with E-state index >= 15 is 0 Å². The van der Waals surface area contributed by atoms with Crippen LogP contribution in [0.15, 0.2) is 27.6 Å². The summed E-state index contributed by atoms with van der Waals surface area (Å²) in [5, 5.41) is 0.795. The second kappa shape index (κ2) is 4.23. The molecule has 5 heteroatoms. The molecule has 0 saturated carbocycles. The van der Waals surface area contributed by atoms with Crippen molar-refractivity contribution < 1.29 is 18.7 Å². The fourth-order valence-corrected chi connectivity index (χ4v) is 2.59. The van der Waals surface area contributed by atoms with E-state index in [9.17, 15) is 9.59 Å². The second-order valence-corrected chi connectivity index (χ2v) is 4.53. The maximum absolute atomic E-state index is 12.2. The highest BCUT2D eigenvalue weighted by Gasteiger charge is 2.27. The Morgan fingerprint density at radius 3 is 2.50 bits per heavy atom. The fourth-order valence-electron chi connectivity index (χ4n) is 2.59. The largest absolute Gasteiger partial charge is 0.496 e. The van der Waals surface area contributed by atoms with Gasteiger partial charge in [-0.2, -0.15) is 0 Å². The molecule has 0 radical (unpaired) electrons. The lowest BCUT2D eigenvalue weighted by atomic mass is 9.89. The maximum Gasteiger partial charge on any atom is 0.347 e. The van der Waals surface area contributed by atoms with Gasteiger partial charge in [-0.3, -0.25) is 4.79 Å². The molecule has 0 aliphatic heterocycles. The molecule has 0 unspecified atom stereocenters. The van der Waals surface area contributed by atoms with Gasteiger partial charge in [-0.1, -0.05) is 0 Å². The van der Waals surface area contributed by atoms with Crippen LogP contribution in [0, 0.1) is 6.92 Å². The van der Waals surface area contributed by atoms with Crippen molar-refractivity contribution >= 4 is 22.3 Å². The van der Waals surface area contributed by atoms with Crippen molar-refractivity contribution in [1.82, 2.24) is 0 Å². The van der Waals surface area contributed by atoms with Gasteiger partial charge in [-0.25, -0.2) is 4.79 Å². The van der Waals surface area contributed by atoms with Crippen LogP contribution in [0.5, 0.6) is 5.75 Å². The molecule has 0 N–H and O–H groups in total. The molecule has 20 heavy (non-hydrogen) atoms. The minimum atomic E-state index is -0.535. The first-order valence-electron chi connectivity index (χ1n) is 6.02. The number of ether oxygens (including phenoxy) is 2. The van der Waals surface area contributed by atoms with E-state index in [2.05, 4.69) is 0 Å². The van der Waals surface area contributed by atoms with Crippen LogP contribution in [0.1, 0.15) is 21.5 Å². The summed E-state index contributed by atoms with van der Waals surface area (Å²) >= 11 is 0. The fraction of sp³-hybridized carbons (Fsp3) is 0.200. The quantitative estimate of drug-likeness (QED) is 0.839. The van der Waals surface area contributed by atoms with Gasteiger partial charge in [0, 0.05) is 17.0 Å². The van der Waals surface area contributed by atoms with Gasteiger partial charge in [-0.05, 0) is 18.6 Å². The third-order valence-corrected chi connectivity index (χ3v) is 3.46. The van der Waals surface area contributed by atoms with Gasteiger partial charge in [0.2, 0.25) is 0 Å². The van der Waals surface area contributed by atoms with Crippen LogP contribution in [-0.2, 0) is 4.74 Å². The number of allylic oxidation sites excluding steroid dienone is 1. The van der Waals surface area contributed by atoms with Crippen molar-refractivity contribution in [3.63, 3.8) is 0 Å². The molecule has 0 saturated heterocycles. The number of benzene rings is 1. The lowest BCUT2D eigenvalue weighted by Gasteiger charge is -2.18. The van der Waals surface area contributed by atoms with Crippen LogP contribution >= 0.6 is 0 Å². The molecule has 0 bridgehead atoms. The molecule has 0 fully saturated rings. The highest BCUT2D eigenvalue weighted by atomic mass is 16.5. The molecule has 3 rings (SSSR count). The zero-order chi connectivity index (χ0) is 14.4.